The van der Waals surface area contributed by atoms with Gasteiger partial charge in [-0.1, -0.05) is 0 Å². The Kier molecular flexibility index (Phi) is 6.68. The van der Waals surface area contributed by atoms with Gasteiger partial charge in [-0.2, -0.15) is 0 Å². The van der Waals surface area contributed by atoms with Crippen LogP contribution in [-0.2, 0) is 14.3 Å². The normalized spacial score (nSPS) is 14.7. The number of likely N-dealkylation sites (N-methyl/N-ethyl adjacent to an activating group) is 1. The molecule has 29 heavy (non-hydrogen) atoms. The van der Waals surface area contributed by atoms with E-state index >= 15 is 0 Å². The molecule has 3 rings (SSSR count). The van der Waals surface area contributed by atoms with Gasteiger partial charge in [0.1, 0.15) is 5.69 Å². The molecule has 0 saturated carbocycles. The number of piperidine rings is 1. The molecule has 0 spiro atoms. The molecule has 0 N–H and O–H groups in total. The number of furan rings is 1. The summed E-state index contributed by atoms with van der Waals surface area (Å²) in [6, 6.07) is 3.56. The Morgan fingerprint density at radius 3 is 2.69 bits per heavy atom. The highest BCUT2D eigenvalue weighted by Gasteiger charge is 2.29. The number of hydrogen-bond acceptors (Lipinski definition) is 7. The van der Waals surface area contributed by atoms with Gasteiger partial charge in [0.05, 0.1) is 25.3 Å². The minimum Gasteiger partial charge on any atom is -0.466 e. The number of aryl methyl sites for hydroxylation is 1. The Bertz CT molecular complexity index is 869. The first-order valence-corrected chi connectivity index (χ1v) is 10.4. The molecule has 0 aliphatic carbocycles. The fourth-order valence-corrected chi connectivity index (χ4v) is 4.15. The van der Waals surface area contributed by atoms with Crippen molar-refractivity contribution in [2.45, 2.75) is 26.7 Å². The predicted octanol–water partition coefficient (Wildman–Crippen LogP) is 2.59. The van der Waals surface area contributed by atoms with Gasteiger partial charge in [-0.15, -0.1) is 11.3 Å². The molecular weight excluding hydrogens is 394 g/mol. The van der Waals surface area contributed by atoms with E-state index in [2.05, 4.69) is 4.98 Å². The molecule has 1 aliphatic rings. The number of esters is 1. The Balaban J connectivity index is 1.56. The highest BCUT2D eigenvalue weighted by atomic mass is 32.1. The quantitative estimate of drug-likeness (QED) is 0.668. The van der Waals surface area contributed by atoms with Gasteiger partial charge in [0, 0.05) is 25.0 Å². The third-order valence-corrected chi connectivity index (χ3v) is 5.90. The number of ether oxygens (including phenoxy) is 1. The van der Waals surface area contributed by atoms with E-state index in [0.717, 1.165) is 4.88 Å². The van der Waals surface area contributed by atoms with Crippen molar-refractivity contribution in [3.05, 3.63) is 29.0 Å². The highest BCUT2D eigenvalue weighted by molar-refractivity contribution is 7.15. The number of carbonyl (C=O) groups is 3. The van der Waals surface area contributed by atoms with E-state index in [1.807, 2.05) is 6.92 Å². The van der Waals surface area contributed by atoms with Crippen molar-refractivity contribution in [3.8, 4) is 10.8 Å². The first-order valence-electron chi connectivity index (χ1n) is 9.61. The number of hydrogen-bond donors (Lipinski definition) is 0. The van der Waals surface area contributed by atoms with E-state index in [4.69, 9.17) is 9.15 Å². The molecule has 0 radical (unpaired) electrons. The SMILES string of the molecule is CCOC(=O)C1CCN(C(=O)CN(C)C(=O)c2nc(-c3ccco3)sc2C)CC1. The molecule has 0 unspecified atom stereocenters. The molecule has 8 nitrogen and oxygen atoms in total. The van der Waals surface area contributed by atoms with Crippen molar-refractivity contribution in [3.63, 3.8) is 0 Å². The minimum atomic E-state index is -0.300. The Hall–Kier alpha value is -2.68. The van der Waals surface area contributed by atoms with E-state index in [0.29, 0.717) is 49.0 Å². The Morgan fingerprint density at radius 2 is 2.07 bits per heavy atom. The maximum absolute atomic E-state index is 12.8. The van der Waals surface area contributed by atoms with Crippen molar-refractivity contribution in [1.82, 2.24) is 14.8 Å². The van der Waals surface area contributed by atoms with Crippen LogP contribution < -0.4 is 0 Å². The summed E-state index contributed by atoms with van der Waals surface area (Å²) in [6.07, 6.45) is 2.73. The van der Waals surface area contributed by atoms with Gasteiger partial charge in [0.2, 0.25) is 5.91 Å². The van der Waals surface area contributed by atoms with Crippen LogP contribution in [0.15, 0.2) is 22.8 Å². The van der Waals surface area contributed by atoms with Crippen LogP contribution in [0.5, 0.6) is 0 Å². The fraction of sp³-hybridized carbons (Fsp3) is 0.500. The summed E-state index contributed by atoms with van der Waals surface area (Å²) in [4.78, 5) is 45.5. The first kappa shape index (κ1) is 21.0. The van der Waals surface area contributed by atoms with Crippen molar-refractivity contribution in [2.24, 2.45) is 5.92 Å². The lowest BCUT2D eigenvalue weighted by atomic mass is 9.97. The van der Waals surface area contributed by atoms with Gasteiger partial charge in [0.15, 0.2) is 10.8 Å². The molecule has 1 fully saturated rings. The lowest BCUT2D eigenvalue weighted by Crippen LogP contribution is -2.45. The van der Waals surface area contributed by atoms with Crippen LogP contribution in [-0.4, -0.2) is 65.9 Å². The molecule has 2 aromatic rings. The maximum Gasteiger partial charge on any atom is 0.309 e. The van der Waals surface area contributed by atoms with E-state index in [-0.39, 0.29) is 30.2 Å². The van der Waals surface area contributed by atoms with Gasteiger partial charge in [-0.25, -0.2) is 4.98 Å². The minimum absolute atomic E-state index is 0.0318. The van der Waals surface area contributed by atoms with Crippen LogP contribution in [0.4, 0.5) is 0 Å². The van der Waals surface area contributed by atoms with Gasteiger partial charge >= 0.3 is 5.97 Å². The summed E-state index contributed by atoms with van der Waals surface area (Å²) in [7, 11) is 1.59. The predicted molar refractivity (Wildman–Crippen MR) is 107 cm³/mol. The molecular formula is C20H25N3O5S. The van der Waals surface area contributed by atoms with E-state index in [1.165, 1.54) is 16.2 Å². The zero-order valence-corrected chi connectivity index (χ0v) is 17.7. The average Bonchev–Trinajstić information content (AvgIpc) is 3.37. The van der Waals surface area contributed by atoms with Crippen molar-refractivity contribution in [2.75, 3.05) is 33.3 Å². The molecule has 2 amide bonds. The zero-order valence-electron chi connectivity index (χ0n) is 16.8. The largest absolute Gasteiger partial charge is 0.466 e. The van der Waals surface area contributed by atoms with E-state index in [9.17, 15) is 14.4 Å². The van der Waals surface area contributed by atoms with E-state index < -0.39 is 0 Å². The fourth-order valence-electron chi connectivity index (χ4n) is 3.28. The number of carbonyl (C=O) groups excluding carboxylic acids is 3. The second kappa shape index (κ2) is 9.21. The topological polar surface area (TPSA) is 93.0 Å². The van der Waals surface area contributed by atoms with Crippen LogP contribution in [0.1, 0.15) is 35.1 Å². The van der Waals surface area contributed by atoms with Crippen molar-refractivity contribution >= 4 is 29.1 Å². The van der Waals surface area contributed by atoms with Gasteiger partial charge < -0.3 is 19.0 Å². The zero-order chi connectivity index (χ0) is 21.0. The van der Waals surface area contributed by atoms with Gasteiger partial charge in [-0.3, -0.25) is 14.4 Å². The molecule has 156 valence electrons. The number of thiazole rings is 1. The molecule has 2 aromatic heterocycles. The summed E-state index contributed by atoms with van der Waals surface area (Å²) >= 11 is 1.38. The molecule has 1 saturated heterocycles. The number of amides is 2. The van der Waals surface area contributed by atoms with Crippen LogP contribution in [0, 0.1) is 12.8 Å². The lowest BCUT2D eigenvalue weighted by molar-refractivity contribution is -0.151. The van der Waals surface area contributed by atoms with Crippen LogP contribution in [0.25, 0.3) is 10.8 Å². The average molecular weight is 420 g/mol. The van der Waals surface area contributed by atoms with Gasteiger partial charge in [-0.05, 0) is 38.8 Å². The second-order valence-corrected chi connectivity index (χ2v) is 8.17. The molecule has 0 aromatic carbocycles. The number of likely N-dealkylation sites (tertiary alicyclic amines) is 1. The first-order chi connectivity index (χ1) is 13.9. The summed E-state index contributed by atoms with van der Waals surface area (Å²) < 4.78 is 10.4. The van der Waals surface area contributed by atoms with Crippen LogP contribution >= 0.6 is 11.3 Å². The molecule has 3 heterocycles. The Labute approximate surface area is 173 Å². The highest BCUT2D eigenvalue weighted by Crippen LogP contribution is 2.28. The molecule has 9 heteroatoms. The van der Waals surface area contributed by atoms with Crippen molar-refractivity contribution < 1.29 is 23.5 Å². The number of rotatable bonds is 6. The third kappa shape index (κ3) is 4.84. The summed E-state index contributed by atoms with van der Waals surface area (Å²) in [5, 5.41) is 0.636. The number of aromatic nitrogens is 1. The lowest BCUT2D eigenvalue weighted by Gasteiger charge is -2.32. The van der Waals surface area contributed by atoms with Crippen LogP contribution in [0.2, 0.25) is 0 Å². The molecule has 1 aliphatic heterocycles. The standard InChI is InChI=1S/C20H25N3O5S/c1-4-27-20(26)14-7-9-23(10-8-14)16(24)12-22(3)19(25)17-13(2)29-18(21-17)15-6-5-11-28-15/h5-6,11,14H,4,7-10,12H2,1-3H3. The van der Waals surface area contributed by atoms with Crippen LogP contribution in [0.3, 0.4) is 0 Å². The Morgan fingerprint density at radius 1 is 1.34 bits per heavy atom. The second-order valence-electron chi connectivity index (χ2n) is 6.97. The summed E-state index contributed by atoms with van der Waals surface area (Å²) in [5.74, 6) is -0.178. The van der Waals surface area contributed by atoms with Crippen molar-refractivity contribution in [1.29, 1.82) is 0 Å². The monoisotopic (exact) mass is 419 g/mol. The maximum atomic E-state index is 12.8. The van der Waals surface area contributed by atoms with E-state index in [1.54, 1.807) is 37.3 Å². The number of nitrogens with zero attached hydrogens (tertiary/aromatic N) is 3. The third-order valence-electron chi connectivity index (χ3n) is 4.92. The smallest absolute Gasteiger partial charge is 0.309 e. The van der Waals surface area contributed by atoms with Gasteiger partial charge in [0.25, 0.3) is 5.91 Å². The molecule has 0 bridgehead atoms. The summed E-state index contributed by atoms with van der Waals surface area (Å²) in [6.45, 7) is 4.92. The summed E-state index contributed by atoms with van der Waals surface area (Å²) in [5.41, 5.74) is 0.331. The molecule has 0 atom stereocenters.